The first-order valence-electron chi connectivity index (χ1n) is 6.37. The van der Waals surface area contributed by atoms with E-state index in [-0.39, 0.29) is 28.7 Å². The minimum atomic E-state index is -3.01. The third-order valence-corrected chi connectivity index (χ3v) is 7.29. The van der Waals surface area contributed by atoms with Crippen molar-refractivity contribution in [3.05, 3.63) is 27.8 Å². The molecule has 2 aliphatic heterocycles. The summed E-state index contributed by atoms with van der Waals surface area (Å²) < 4.78 is 24.8. The molecule has 3 rings (SSSR count). The highest BCUT2D eigenvalue weighted by Crippen LogP contribution is 2.41. The van der Waals surface area contributed by atoms with Crippen LogP contribution in [0.25, 0.3) is 0 Å². The van der Waals surface area contributed by atoms with Gasteiger partial charge in [-0.05, 0) is 40.8 Å². The normalized spacial score (nSPS) is 28.9. The second kappa shape index (κ2) is 5.54. The quantitative estimate of drug-likeness (QED) is 0.630. The molecule has 0 aliphatic carbocycles. The van der Waals surface area contributed by atoms with Crippen LogP contribution in [0.5, 0.6) is 0 Å². The Bertz CT molecular complexity index is 733. The van der Waals surface area contributed by atoms with Crippen LogP contribution in [-0.2, 0) is 14.6 Å². The van der Waals surface area contributed by atoms with E-state index in [9.17, 15) is 13.2 Å². The number of amidine groups is 1. The summed E-state index contributed by atoms with van der Waals surface area (Å²) in [6, 6.07) is 7.65. The lowest BCUT2D eigenvalue weighted by Crippen LogP contribution is -2.37. The van der Waals surface area contributed by atoms with Crippen LogP contribution in [0.4, 0.5) is 5.69 Å². The summed E-state index contributed by atoms with van der Waals surface area (Å²) in [6.45, 7) is 1.41. The largest absolute Gasteiger partial charge is 0.316 e. The first-order chi connectivity index (χ1) is 9.85. The van der Waals surface area contributed by atoms with Gasteiger partial charge >= 0.3 is 0 Å². The van der Waals surface area contributed by atoms with Crippen molar-refractivity contribution in [3.63, 3.8) is 0 Å². The van der Waals surface area contributed by atoms with Gasteiger partial charge in [-0.3, -0.25) is 4.79 Å². The van der Waals surface area contributed by atoms with Gasteiger partial charge in [-0.1, -0.05) is 17.8 Å². The van der Waals surface area contributed by atoms with E-state index in [0.717, 1.165) is 9.26 Å². The molecule has 0 N–H and O–H groups in total. The lowest BCUT2D eigenvalue weighted by atomic mass is 10.2. The van der Waals surface area contributed by atoms with Gasteiger partial charge in [0.2, 0.25) is 5.91 Å². The maximum Gasteiger partial charge on any atom is 0.244 e. The molecule has 0 unspecified atom stereocenters. The van der Waals surface area contributed by atoms with Crippen LogP contribution in [-0.4, -0.2) is 42.3 Å². The molecule has 2 saturated heterocycles. The molecular formula is C13H13IN2O3S2. The lowest BCUT2D eigenvalue weighted by Gasteiger charge is -2.24. The number of carbonyl (C=O) groups excluding carboxylic acids is 1. The first kappa shape index (κ1) is 15.3. The third-order valence-electron chi connectivity index (χ3n) is 3.41. The molecule has 2 fully saturated rings. The number of hydrogen-bond acceptors (Lipinski definition) is 4. The molecule has 2 atom stereocenters. The van der Waals surface area contributed by atoms with Gasteiger partial charge in [0.05, 0.1) is 17.5 Å². The minimum Gasteiger partial charge on any atom is -0.316 e. The van der Waals surface area contributed by atoms with Crippen LogP contribution in [0.3, 0.4) is 0 Å². The molecule has 0 radical (unpaired) electrons. The summed E-state index contributed by atoms with van der Waals surface area (Å²) in [5.41, 5.74) is 0.888. The molecule has 0 saturated carbocycles. The Morgan fingerprint density at radius 1 is 1.43 bits per heavy atom. The summed E-state index contributed by atoms with van der Waals surface area (Å²) in [5.74, 6) is 0.00295. The molecule has 0 bridgehead atoms. The topological polar surface area (TPSA) is 66.8 Å². The Morgan fingerprint density at radius 3 is 2.86 bits per heavy atom. The predicted molar refractivity (Wildman–Crippen MR) is 93.6 cm³/mol. The summed E-state index contributed by atoms with van der Waals surface area (Å²) >= 11 is 3.61. The highest BCUT2D eigenvalue weighted by molar-refractivity contribution is 14.1. The van der Waals surface area contributed by atoms with Crippen LogP contribution in [0, 0.1) is 3.57 Å². The molecule has 0 aromatic heterocycles. The van der Waals surface area contributed by atoms with Crippen molar-refractivity contribution < 1.29 is 13.2 Å². The number of thioether (sulfide) groups is 1. The zero-order valence-electron chi connectivity index (χ0n) is 11.2. The predicted octanol–water partition coefficient (Wildman–Crippen LogP) is 1.91. The Labute approximate surface area is 141 Å². The van der Waals surface area contributed by atoms with Crippen molar-refractivity contribution in [2.45, 2.75) is 18.2 Å². The van der Waals surface area contributed by atoms with Gasteiger partial charge in [-0.25, -0.2) is 8.42 Å². The smallest absolute Gasteiger partial charge is 0.244 e. The van der Waals surface area contributed by atoms with E-state index in [4.69, 9.17) is 0 Å². The average molecular weight is 436 g/mol. The van der Waals surface area contributed by atoms with Crippen molar-refractivity contribution in [2.24, 2.45) is 4.99 Å². The van der Waals surface area contributed by atoms with Crippen molar-refractivity contribution in [1.82, 2.24) is 0 Å². The molecule has 1 amide bonds. The zero-order chi connectivity index (χ0) is 15.2. The standard InChI is InChI=1S/C13H13IN2O3S2/c1-8(17)15-13-16(10-4-2-3-9(14)5-10)11-6-21(18,19)7-12(11)20-13/h2-5,11-12H,6-7H2,1H3/t11-,12-/m1/s1. The molecule has 8 heteroatoms. The molecule has 2 aliphatic rings. The van der Waals surface area contributed by atoms with Crippen molar-refractivity contribution in [1.29, 1.82) is 0 Å². The second-order valence-corrected chi connectivity index (χ2v) is 9.67. The van der Waals surface area contributed by atoms with Gasteiger partial charge in [0, 0.05) is 21.4 Å². The van der Waals surface area contributed by atoms with Crippen molar-refractivity contribution >= 4 is 61.0 Å². The zero-order valence-corrected chi connectivity index (χ0v) is 15.0. The van der Waals surface area contributed by atoms with Crippen molar-refractivity contribution in [2.75, 3.05) is 16.4 Å². The van der Waals surface area contributed by atoms with E-state index in [1.54, 1.807) is 0 Å². The van der Waals surface area contributed by atoms with E-state index in [1.807, 2.05) is 29.2 Å². The molecular weight excluding hydrogens is 423 g/mol. The molecule has 112 valence electrons. The summed E-state index contributed by atoms with van der Waals surface area (Å²) in [7, 11) is -3.01. The fourth-order valence-corrected chi connectivity index (χ4v) is 7.11. The van der Waals surface area contributed by atoms with Gasteiger partial charge < -0.3 is 4.90 Å². The van der Waals surface area contributed by atoms with E-state index >= 15 is 0 Å². The van der Waals surface area contributed by atoms with E-state index in [2.05, 4.69) is 27.6 Å². The van der Waals surface area contributed by atoms with E-state index in [0.29, 0.717) is 5.17 Å². The highest BCUT2D eigenvalue weighted by atomic mass is 127. The number of sulfone groups is 1. The molecule has 0 spiro atoms. The summed E-state index contributed by atoms with van der Waals surface area (Å²) in [5, 5.41) is 0.556. The number of rotatable bonds is 1. The SMILES string of the molecule is CC(=O)N=C1S[C@@H]2CS(=O)(=O)C[C@H]2N1c1cccc(I)c1. The Hall–Kier alpha value is -0.610. The Kier molecular flexibility index (Phi) is 4.04. The molecule has 1 aromatic rings. The Balaban J connectivity index is 2.05. The van der Waals surface area contributed by atoms with Crippen LogP contribution >= 0.6 is 34.4 Å². The number of amides is 1. The van der Waals surface area contributed by atoms with Gasteiger partial charge in [-0.15, -0.1) is 0 Å². The number of hydrogen-bond donors (Lipinski definition) is 0. The van der Waals surface area contributed by atoms with E-state index in [1.165, 1.54) is 18.7 Å². The summed E-state index contributed by atoms with van der Waals surface area (Å²) in [4.78, 5) is 17.3. The Morgan fingerprint density at radius 2 is 2.19 bits per heavy atom. The molecule has 1 aromatic carbocycles. The minimum absolute atomic E-state index is 0.0500. The highest BCUT2D eigenvalue weighted by Gasteiger charge is 2.49. The fraction of sp³-hybridized carbons (Fsp3) is 0.385. The fourth-order valence-electron chi connectivity index (χ4n) is 2.63. The van der Waals surface area contributed by atoms with E-state index < -0.39 is 9.84 Å². The molecule has 21 heavy (non-hydrogen) atoms. The number of aliphatic imine (C=N–C) groups is 1. The number of benzene rings is 1. The van der Waals surface area contributed by atoms with Crippen molar-refractivity contribution in [3.8, 4) is 0 Å². The van der Waals surface area contributed by atoms with Crippen LogP contribution in [0.15, 0.2) is 29.3 Å². The number of anilines is 1. The molecule has 5 nitrogen and oxygen atoms in total. The summed E-state index contributed by atoms with van der Waals surface area (Å²) in [6.07, 6.45) is 0. The van der Waals surface area contributed by atoms with Crippen LogP contribution in [0.2, 0.25) is 0 Å². The number of halogens is 1. The lowest BCUT2D eigenvalue weighted by molar-refractivity contribution is -0.115. The second-order valence-electron chi connectivity index (χ2n) is 5.06. The van der Waals surface area contributed by atoms with Gasteiger partial charge in [0.15, 0.2) is 15.0 Å². The first-order valence-corrected chi connectivity index (χ1v) is 10.1. The number of nitrogens with zero attached hydrogens (tertiary/aromatic N) is 2. The third kappa shape index (κ3) is 3.11. The van der Waals surface area contributed by atoms with Gasteiger partial charge in [0.1, 0.15) is 0 Å². The van der Waals surface area contributed by atoms with Gasteiger partial charge in [0.25, 0.3) is 0 Å². The van der Waals surface area contributed by atoms with Crippen LogP contribution < -0.4 is 4.90 Å². The average Bonchev–Trinajstić information content (AvgIpc) is 2.79. The van der Waals surface area contributed by atoms with Crippen LogP contribution in [0.1, 0.15) is 6.92 Å². The monoisotopic (exact) mass is 436 g/mol. The number of carbonyl (C=O) groups is 1. The maximum absolute atomic E-state index is 11.9. The molecule has 2 heterocycles. The maximum atomic E-state index is 11.9. The van der Waals surface area contributed by atoms with Gasteiger partial charge in [-0.2, -0.15) is 4.99 Å². The number of fused-ring (bicyclic) bond motifs is 1.